The van der Waals surface area contributed by atoms with Crippen LogP contribution in [0.25, 0.3) is 11.4 Å². The van der Waals surface area contributed by atoms with Crippen LogP contribution in [0.15, 0.2) is 90.1 Å². The number of carbonyl (C=O) groups excluding carboxylic acids is 1. The zero-order chi connectivity index (χ0) is 23.7. The second-order valence-corrected chi connectivity index (χ2v) is 8.31. The number of hydrogen-bond donors (Lipinski definition) is 2. The monoisotopic (exact) mass is 471 g/mol. The summed E-state index contributed by atoms with van der Waals surface area (Å²) in [5, 5.41) is 11.7. The fourth-order valence-electron chi connectivity index (χ4n) is 3.98. The summed E-state index contributed by atoms with van der Waals surface area (Å²) < 4.78 is 7.07. The van der Waals surface area contributed by atoms with Crippen LogP contribution < -0.4 is 15.4 Å². The van der Waals surface area contributed by atoms with Gasteiger partial charge in [-0.2, -0.15) is 4.98 Å². The molecule has 0 saturated carbocycles. The van der Waals surface area contributed by atoms with Gasteiger partial charge in [0.15, 0.2) is 5.82 Å². The minimum absolute atomic E-state index is 0.216. The van der Waals surface area contributed by atoms with E-state index in [0.29, 0.717) is 33.8 Å². The Morgan fingerprint density at radius 2 is 1.74 bits per heavy atom. The molecule has 0 bridgehead atoms. The van der Waals surface area contributed by atoms with Crippen LogP contribution in [0.5, 0.6) is 5.75 Å². The Labute approximate surface area is 202 Å². The van der Waals surface area contributed by atoms with Crippen LogP contribution in [0.1, 0.15) is 18.5 Å². The summed E-state index contributed by atoms with van der Waals surface area (Å²) in [7, 11) is 1.62. The number of nitrogens with one attached hydrogen (secondary N) is 2. The maximum absolute atomic E-state index is 13.5. The second kappa shape index (κ2) is 9.03. The molecule has 0 spiro atoms. The standard InChI is InChI=1S/C26H22ClN5O2/c1-16-22(25(33)29-20-6-4-3-5-7-20)23(17-10-14-21(34-2)15-11-17)32-26(28-16)30-24(31-32)18-8-12-19(27)13-9-18/h3-15,23H,1-2H3,(H,29,33)(H,28,30,31)/t23-/m1/s1. The first-order valence-corrected chi connectivity index (χ1v) is 11.1. The maximum Gasteiger partial charge on any atom is 0.255 e. The Kier molecular flexibility index (Phi) is 5.77. The predicted octanol–water partition coefficient (Wildman–Crippen LogP) is 5.53. The van der Waals surface area contributed by atoms with Gasteiger partial charge in [0.2, 0.25) is 5.95 Å². The molecule has 0 aliphatic carbocycles. The highest BCUT2D eigenvalue weighted by molar-refractivity contribution is 6.30. The molecule has 1 aromatic heterocycles. The van der Waals surface area contributed by atoms with Crippen molar-refractivity contribution in [3.05, 3.63) is 101 Å². The summed E-state index contributed by atoms with van der Waals surface area (Å²) in [5.74, 6) is 1.61. The number of para-hydroxylation sites is 1. The fraction of sp³-hybridized carbons (Fsp3) is 0.115. The predicted molar refractivity (Wildman–Crippen MR) is 133 cm³/mol. The SMILES string of the molecule is COc1ccc([C@@H]2C(C(=O)Nc3ccccc3)=C(C)Nc3nc(-c4ccc(Cl)cc4)nn32)cc1. The van der Waals surface area contributed by atoms with E-state index in [1.54, 1.807) is 23.9 Å². The van der Waals surface area contributed by atoms with E-state index in [4.69, 9.17) is 26.4 Å². The van der Waals surface area contributed by atoms with E-state index >= 15 is 0 Å². The zero-order valence-corrected chi connectivity index (χ0v) is 19.4. The summed E-state index contributed by atoms with van der Waals surface area (Å²) in [6.45, 7) is 1.87. The van der Waals surface area contributed by atoms with Crippen molar-refractivity contribution >= 4 is 29.1 Å². The van der Waals surface area contributed by atoms with Gasteiger partial charge in [-0.15, -0.1) is 5.10 Å². The number of ether oxygens (including phenoxy) is 1. The largest absolute Gasteiger partial charge is 0.497 e. The Morgan fingerprint density at radius 1 is 1.03 bits per heavy atom. The van der Waals surface area contributed by atoms with Crippen molar-refractivity contribution in [3.8, 4) is 17.1 Å². The van der Waals surface area contributed by atoms with Gasteiger partial charge >= 0.3 is 0 Å². The van der Waals surface area contributed by atoms with Crippen molar-refractivity contribution < 1.29 is 9.53 Å². The lowest BCUT2D eigenvalue weighted by Gasteiger charge is -2.28. The smallest absolute Gasteiger partial charge is 0.255 e. The van der Waals surface area contributed by atoms with E-state index in [2.05, 4.69) is 10.6 Å². The summed E-state index contributed by atoms with van der Waals surface area (Å²) in [6, 6.07) is 23.8. The number of halogens is 1. The number of fused-ring (bicyclic) bond motifs is 1. The first kappa shape index (κ1) is 21.7. The molecule has 1 aliphatic heterocycles. The van der Waals surface area contributed by atoms with Crippen LogP contribution in [0.4, 0.5) is 11.6 Å². The van der Waals surface area contributed by atoms with Crippen LogP contribution in [0.2, 0.25) is 5.02 Å². The van der Waals surface area contributed by atoms with Crippen molar-refractivity contribution in [2.24, 2.45) is 0 Å². The van der Waals surface area contributed by atoms with E-state index in [1.165, 1.54) is 0 Å². The molecular weight excluding hydrogens is 450 g/mol. The number of anilines is 2. The lowest BCUT2D eigenvalue weighted by molar-refractivity contribution is -0.113. The molecule has 0 radical (unpaired) electrons. The summed E-state index contributed by atoms with van der Waals surface area (Å²) in [4.78, 5) is 18.2. The van der Waals surface area contributed by atoms with Gasteiger partial charge in [-0.25, -0.2) is 4.68 Å². The molecule has 0 fully saturated rings. The van der Waals surface area contributed by atoms with Crippen molar-refractivity contribution in [2.75, 3.05) is 17.7 Å². The number of hydrogen-bond acceptors (Lipinski definition) is 5. The van der Waals surface area contributed by atoms with E-state index < -0.39 is 6.04 Å². The van der Waals surface area contributed by atoms with Gasteiger partial charge in [0.05, 0.1) is 12.7 Å². The number of allylic oxidation sites excluding steroid dienone is 1. The molecule has 170 valence electrons. The third-order valence-electron chi connectivity index (χ3n) is 5.66. The maximum atomic E-state index is 13.5. The summed E-state index contributed by atoms with van der Waals surface area (Å²) in [6.07, 6.45) is 0. The minimum Gasteiger partial charge on any atom is -0.497 e. The summed E-state index contributed by atoms with van der Waals surface area (Å²) in [5.41, 5.74) is 3.68. The second-order valence-electron chi connectivity index (χ2n) is 7.87. The number of benzene rings is 3. The molecule has 4 aromatic rings. The first-order chi connectivity index (χ1) is 16.5. The van der Waals surface area contributed by atoms with Crippen LogP contribution in [0, 0.1) is 0 Å². The topological polar surface area (TPSA) is 81.1 Å². The Balaban J connectivity index is 1.59. The highest BCUT2D eigenvalue weighted by Crippen LogP contribution is 2.37. The molecule has 8 heteroatoms. The van der Waals surface area contributed by atoms with Crippen LogP contribution in [0.3, 0.4) is 0 Å². The molecule has 1 atom stereocenters. The Morgan fingerprint density at radius 3 is 2.41 bits per heavy atom. The van der Waals surface area contributed by atoms with Gasteiger partial charge in [0, 0.05) is 22.0 Å². The van der Waals surface area contributed by atoms with Crippen LogP contribution >= 0.6 is 11.6 Å². The molecule has 2 heterocycles. The van der Waals surface area contributed by atoms with Crippen molar-refractivity contribution in [2.45, 2.75) is 13.0 Å². The molecule has 0 saturated heterocycles. The number of rotatable bonds is 5. The normalized spacial score (nSPS) is 14.9. The molecule has 34 heavy (non-hydrogen) atoms. The van der Waals surface area contributed by atoms with Gasteiger partial charge in [-0.1, -0.05) is 41.9 Å². The van der Waals surface area contributed by atoms with Gasteiger partial charge in [0.1, 0.15) is 11.8 Å². The molecule has 5 rings (SSSR count). The van der Waals surface area contributed by atoms with Crippen molar-refractivity contribution in [1.82, 2.24) is 14.8 Å². The number of amides is 1. The average Bonchev–Trinajstić information content (AvgIpc) is 3.27. The number of carbonyl (C=O) groups is 1. The number of nitrogens with zero attached hydrogens (tertiary/aromatic N) is 3. The first-order valence-electron chi connectivity index (χ1n) is 10.7. The summed E-state index contributed by atoms with van der Waals surface area (Å²) >= 11 is 6.05. The van der Waals surface area contributed by atoms with Crippen LogP contribution in [-0.2, 0) is 4.79 Å². The van der Waals surface area contributed by atoms with Crippen LogP contribution in [-0.4, -0.2) is 27.8 Å². The van der Waals surface area contributed by atoms with Crippen molar-refractivity contribution in [1.29, 1.82) is 0 Å². The Hall–Kier alpha value is -4.10. The lowest BCUT2D eigenvalue weighted by Crippen LogP contribution is -2.31. The van der Waals surface area contributed by atoms with Gasteiger partial charge < -0.3 is 15.4 Å². The molecule has 7 nitrogen and oxygen atoms in total. The van der Waals surface area contributed by atoms with Gasteiger partial charge in [-0.05, 0) is 61.0 Å². The molecule has 1 amide bonds. The fourth-order valence-corrected chi connectivity index (χ4v) is 4.11. The quantitative estimate of drug-likeness (QED) is 0.399. The third kappa shape index (κ3) is 4.13. The lowest BCUT2D eigenvalue weighted by atomic mass is 9.95. The van der Waals surface area contributed by atoms with Gasteiger partial charge in [-0.3, -0.25) is 4.79 Å². The Bertz CT molecular complexity index is 1360. The van der Waals surface area contributed by atoms with E-state index in [1.807, 2.05) is 73.7 Å². The molecule has 0 unspecified atom stereocenters. The number of aromatic nitrogens is 3. The van der Waals surface area contributed by atoms with Crippen molar-refractivity contribution in [3.63, 3.8) is 0 Å². The highest BCUT2D eigenvalue weighted by Gasteiger charge is 2.34. The average molecular weight is 472 g/mol. The highest BCUT2D eigenvalue weighted by atomic mass is 35.5. The third-order valence-corrected chi connectivity index (χ3v) is 5.91. The number of methoxy groups -OCH3 is 1. The minimum atomic E-state index is -0.487. The molecule has 3 aromatic carbocycles. The van der Waals surface area contributed by atoms with Gasteiger partial charge in [0.25, 0.3) is 5.91 Å². The van der Waals surface area contributed by atoms with E-state index in [9.17, 15) is 4.79 Å². The molecular formula is C26H22ClN5O2. The molecule has 1 aliphatic rings. The van der Waals surface area contributed by atoms with E-state index in [0.717, 1.165) is 16.9 Å². The molecule has 2 N–H and O–H groups in total. The van der Waals surface area contributed by atoms with E-state index in [-0.39, 0.29) is 5.91 Å². The zero-order valence-electron chi connectivity index (χ0n) is 18.6.